The number of nitriles is 1. The quantitative estimate of drug-likeness (QED) is 0.872. The van der Waals surface area contributed by atoms with Gasteiger partial charge in [-0.1, -0.05) is 0 Å². The first-order chi connectivity index (χ1) is 9.69. The summed E-state index contributed by atoms with van der Waals surface area (Å²) in [5.41, 5.74) is 1.23. The Hall–Kier alpha value is -2.39. The Balaban J connectivity index is 1.89. The topological polar surface area (TPSA) is 91.2 Å². The maximum Gasteiger partial charge on any atom is 0.253 e. The summed E-state index contributed by atoms with van der Waals surface area (Å²) in [6, 6.07) is 8.49. The molecule has 0 aliphatic carbocycles. The second-order valence-corrected chi connectivity index (χ2v) is 4.45. The van der Waals surface area contributed by atoms with E-state index in [0.717, 1.165) is 12.8 Å². The van der Waals surface area contributed by atoms with Crippen molar-refractivity contribution in [3.05, 3.63) is 24.3 Å². The van der Waals surface area contributed by atoms with Crippen LogP contribution in [0.5, 0.6) is 0 Å². The number of carbonyl (C=O) groups excluding carboxylic acids is 2. The van der Waals surface area contributed by atoms with Crippen LogP contribution < -0.4 is 10.6 Å². The maximum absolute atomic E-state index is 11.8. The van der Waals surface area contributed by atoms with Gasteiger partial charge < -0.3 is 15.4 Å². The van der Waals surface area contributed by atoms with E-state index in [4.69, 9.17) is 10.00 Å². The van der Waals surface area contributed by atoms with Gasteiger partial charge in [0.25, 0.3) is 5.91 Å². The van der Waals surface area contributed by atoms with Gasteiger partial charge in [0, 0.05) is 18.0 Å². The summed E-state index contributed by atoms with van der Waals surface area (Å²) in [6.07, 6.45) is 1.10. The highest BCUT2D eigenvalue weighted by molar-refractivity contribution is 5.95. The Morgan fingerprint density at radius 2 is 1.90 bits per heavy atom. The molecule has 1 saturated heterocycles. The van der Waals surface area contributed by atoms with Crippen LogP contribution in [0.1, 0.15) is 19.3 Å². The van der Waals surface area contributed by atoms with Gasteiger partial charge in [-0.15, -0.1) is 0 Å². The normalized spacial score (nSPS) is 17.2. The Morgan fingerprint density at radius 3 is 2.45 bits per heavy atom. The first kappa shape index (κ1) is 14.0. The fourth-order valence-corrected chi connectivity index (χ4v) is 1.92. The molecule has 20 heavy (non-hydrogen) atoms. The highest BCUT2D eigenvalue weighted by atomic mass is 16.5. The van der Waals surface area contributed by atoms with Crippen LogP contribution in [0.4, 0.5) is 11.4 Å². The van der Waals surface area contributed by atoms with Gasteiger partial charge in [0.2, 0.25) is 5.91 Å². The van der Waals surface area contributed by atoms with Crippen molar-refractivity contribution >= 4 is 23.2 Å². The monoisotopic (exact) mass is 273 g/mol. The Bertz CT molecular complexity index is 528. The van der Waals surface area contributed by atoms with Gasteiger partial charge in [-0.05, 0) is 37.1 Å². The van der Waals surface area contributed by atoms with Crippen LogP contribution in [0.2, 0.25) is 0 Å². The largest absolute Gasteiger partial charge is 0.368 e. The van der Waals surface area contributed by atoms with Crippen LogP contribution >= 0.6 is 0 Å². The van der Waals surface area contributed by atoms with Crippen LogP contribution in [-0.4, -0.2) is 24.5 Å². The molecular weight excluding hydrogens is 258 g/mol. The van der Waals surface area contributed by atoms with E-state index < -0.39 is 0 Å². The first-order valence-corrected chi connectivity index (χ1v) is 6.38. The van der Waals surface area contributed by atoms with Gasteiger partial charge >= 0.3 is 0 Å². The molecule has 1 aromatic carbocycles. The second kappa shape index (κ2) is 6.68. The molecule has 0 bridgehead atoms. The number of anilines is 2. The van der Waals surface area contributed by atoms with Gasteiger partial charge in [0.05, 0.1) is 6.07 Å². The van der Waals surface area contributed by atoms with E-state index in [9.17, 15) is 9.59 Å². The van der Waals surface area contributed by atoms with Crippen molar-refractivity contribution in [3.63, 3.8) is 0 Å². The molecule has 1 aliphatic rings. The Labute approximate surface area is 116 Å². The van der Waals surface area contributed by atoms with Crippen LogP contribution in [0.25, 0.3) is 0 Å². The summed E-state index contributed by atoms with van der Waals surface area (Å²) in [5, 5.41) is 13.7. The van der Waals surface area contributed by atoms with E-state index in [1.54, 1.807) is 30.3 Å². The summed E-state index contributed by atoms with van der Waals surface area (Å²) in [4.78, 5) is 23.0. The molecule has 2 amide bonds. The predicted molar refractivity (Wildman–Crippen MR) is 72.9 cm³/mol. The molecule has 0 saturated carbocycles. The fraction of sp³-hybridized carbons (Fsp3) is 0.357. The molecule has 1 unspecified atom stereocenters. The minimum absolute atomic E-state index is 0.149. The lowest BCUT2D eigenvalue weighted by molar-refractivity contribution is -0.124. The van der Waals surface area contributed by atoms with Crippen molar-refractivity contribution in [3.8, 4) is 6.07 Å². The molecular formula is C14H15N3O3. The minimum atomic E-state index is -0.370. The van der Waals surface area contributed by atoms with Crippen molar-refractivity contribution in [2.75, 3.05) is 17.2 Å². The van der Waals surface area contributed by atoms with E-state index in [1.165, 1.54) is 0 Å². The summed E-state index contributed by atoms with van der Waals surface area (Å²) in [7, 11) is 0. The van der Waals surface area contributed by atoms with Gasteiger partial charge in [0.1, 0.15) is 12.5 Å². The molecule has 1 atom stereocenters. The number of rotatable bonds is 4. The molecule has 0 aromatic heterocycles. The number of benzene rings is 1. The number of ether oxygens (including phenoxy) is 1. The highest BCUT2D eigenvalue weighted by Gasteiger charge is 2.23. The van der Waals surface area contributed by atoms with Crippen LogP contribution in [0, 0.1) is 11.3 Å². The van der Waals surface area contributed by atoms with E-state index in [1.807, 2.05) is 0 Å². The molecule has 6 nitrogen and oxygen atoms in total. The van der Waals surface area contributed by atoms with Crippen molar-refractivity contribution < 1.29 is 14.3 Å². The number of nitrogens with zero attached hydrogens (tertiary/aromatic N) is 1. The summed E-state index contributed by atoms with van der Waals surface area (Å²) < 4.78 is 5.29. The van der Waals surface area contributed by atoms with Crippen molar-refractivity contribution in [1.29, 1.82) is 5.26 Å². The first-order valence-electron chi connectivity index (χ1n) is 6.38. The van der Waals surface area contributed by atoms with Gasteiger partial charge in [0.15, 0.2) is 0 Å². The third kappa shape index (κ3) is 3.80. The van der Waals surface area contributed by atoms with Gasteiger partial charge in [-0.3, -0.25) is 9.59 Å². The highest BCUT2D eigenvalue weighted by Crippen LogP contribution is 2.17. The molecule has 1 aromatic rings. The average Bonchev–Trinajstić information content (AvgIpc) is 2.95. The Kier molecular flexibility index (Phi) is 4.69. The molecule has 2 N–H and O–H groups in total. The van der Waals surface area contributed by atoms with Gasteiger partial charge in [-0.25, -0.2) is 0 Å². The average molecular weight is 273 g/mol. The second-order valence-electron chi connectivity index (χ2n) is 4.45. The van der Waals surface area contributed by atoms with Crippen LogP contribution in [-0.2, 0) is 14.3 Å². The lowest BCUT2D eigenvalue weighted by atomic mass is 10.2. The molecule has 1 aliphatic heterocycles. The van der Waals surface area contributed by atoms with Crippen LogP contribution in [0.15, 0.2) is 24.3 Å². The van der Waals surface area contributed by atoms with E-state index in [2.05, 4.69) is 10.6 Å². The lowest BCUT2D eigenvalue weighted by Gasteiger charge is -2.11. The zero-order valence-corrected chi connectivity index (χ0v) is 10.9. The smallest absolute Gasteiger partial charge is 0.253 e. The maximum atomic E-state index is 11.8. The third-order valence-corrected chi connectivity index (χ3v) is 2.90. The number of hydrogen-bond donors (Lipinski definition) is 2. The molecule has 6 heteroatoms. The van der Waals surface area contributed by atoms with E-state index in [-0.39, 0.29) is 24.3 Å². The molecule has 2 rings (SSSR count). The molecule has 0 spiro atoms. The molecule has 104 valence electrons. The van der Waals surface area contributed by atoms with Crippen LogP contribution in [0.3, 0.4) is 0 Å². The minimum Gasteiger partial charge on any atom is -0.368 e. The summed E-state index contributed by atoms with van der Waals surface area (Å²) in [6.45, 7) is 0.627. The zero-order chi connectivity index (χ0) is 14.4. The SMILES string of the molecule is N#CCC(=O)Nc1ccc(NC(=O)C2CCCO2)cc1. The number of hydrogen-bond acceptors (Lipinski definition) is 4. The standard InChI is InChI=1S/C14H15N3O3/c15-8-7-13(18)16-10-3-5-11(6-4-10)17-14(19)12-2-1-9-20-12/h3-6,12H,1-2,7,9H2,(H,16,18)(H,17,19). The van der Waals surface area contributed by atoms with E-state index >= 15 is 0 Å². The zero-order valence-electron chi connectivity index (χ0n) is 10.9. The summed E-state index contributed by atoms with van der Waals surface area (Å²) >= 11 is 0. The van der Waals surface area contributed by atoms with Crippen molar-refractivity contribution in [1.82, 2.24) is 0 Å². The number of carbonyl (C=O) groups is 2. The lowest BCUT2D eigenvalue weighted by Crippen LogP contribution is -2.26. The number of nitrogens with one attached hydrogen (secondary N) is 2. The summed E-state index contributed by atoms with van der Waals surface area (Å²) in [5.74, 6) is -0.507. The predicted octanol–water partition coefficient (Wildman–Crippen LogP) is 1.66. The fourth-order valence-electron chi connectivity index (χ4n) is 1.92. The molecule has 1 fully saturated rings. The van der Waals surface area contributed by atoms with Crippen molar-refractivity contribution in [2.24, 2.45) is 0 Å². The number of amides is 2. The molecule has 1 heterocycles. The third-order valence-electron chi connectivity index (χ3n) is 2.90. The molecule has 0 radical (unpaired) electrons. The van der Waals surface area contributed by atoms with E-state index in [0.29, 0.717) is 18.0 Å². The Morgan fingerprint density at radius 1 is 1.25 bits per heavy atom. The van der Waals surface area contributed by atoms with Gasteiger partial charge in [-0.2, -0.15) is 5.26 Å². The van der Waals surface area contributed by atoms with Crippen molar-refractivity contribution in [2.45, 2.75) is 25.4 Å².